The molecule has 2 bridgehead atoms. The van der Waals surface area contributed by atoms with Crippen LogP contribution in [0.4, 0.5) is 5.69 Å². The van der Waals surface area contributed by atoms with Crippen molar-refractivity contribution in [3.05, 3.63) is 41.5 Å². The van der Waals surface area contributed by atoms with Gasteiger partial charge < -0.3 is 10.6 Å². The lowest BCUT2D eigenvalue weighted by molar-refractivity contribution is -0.120. The van der Waals surface area contributed by atoms with E-state index in [0.29, 0.717) is 17.4 Å². The lowest BCUT2D eigenvalue weighted by atomic mass is 9.92. The highest BCUT2D eigenvalue weighted by atomic mass is 16.2. The zero-order valence-corrected chi connectivity index (χ0v) is 13.9. The quantitative estimate of drug-likeness (QED) is 0.838. The van der Waals surface area contributed by atoms with Crippen molar-refractivity contribution in [2.24, 2.45) is 17.8 Å². The highest BCUT2D eigenvalue weighted by molar-refractivity contribution is 5.98. The van der Waals surface area contributed by atoms with Gasteiger partial charge in [0, 0.05) is 23.2 Å². The SMILES string of the molecule is Cc1ccc(C(=O)NC(C)C)cc1NC(=O)[C@@H]1C[C@@H]2C=C[C@H]1C2. The van der Waals surface area contributed by atoms with Crippen molar-refractivity contribution in [1.82, 2.24) is 5.32 Å². The number of fused-ring (bicyclic) bond motifs is 2. The van der Waals surface area contributed by atoms with E-state index in [1.807, 2.05) is 26.8 Å². The molecule has 0 unspecified atom stereocenters. The van der Waals surface area contributed by atoms with Gasteiger partial charge in [-0.2, -0.15) is 0 Å². The molecule has 2 N–H and O–H groups in total. The molecule has 0 aromatic heterocycles. The van der Waals surface area contributed by atoms with Crippen LogP contribution in [-0.2, 0) is 4.79 Å². The van der Waals surface area contributed by atoms with Crippen molar-refractivity contribution in [2.75, 3.05) is 5.32 Å². The Labute approximate surface area is 137 Å². The van der Waals surface area contributed by atoms with Gasteiger partial charge in [0.25, 0.3) is 5.91 Å². The van der Waals surface area contributed by atoms with Crippen LogP contribution in [0.25, 0.3) is 0 Å². The number of carbonyl (C=O) groups excluding carboxylic acids is 2. The molecule has 0 aliphatic heterocycles. The maximum absolute atomic E-state index is 12.6. The molecule has 2 amide bonds. The molecule has 2 aliphatic carbocycles. The molecule has 3 atom stereocenters. The monoisotopic (exact) mass is 312 g/mol. The smallest absolute Gasteiger partial charge is 0.251 e. The van der Waals surface area contributed by atoms with Gasteiger partial charge in [-0.05, 0) is 63.1 Å². The Balaban J connectivity index is 1.73. The molecule has 1 aromatic rings. The molecule has 0 radical (unpaired) electrons. The molecular formula is C19H24N2O2. The number of amides is 2. The number of nitrogens with one attached hydrogen (secondary N) is 2. The van der Waals surface area contributed by atoms with E-state index >= 15 is 0 Å². The minimum atomic E-state index is -0.113. The number of anilines is 1. The van der Waals surface area contributed by atoms with Gasteiger partial charge in [0.1, 0.15) is 0 Å². The summed E-state index contributed by atoms with van der Waals surface area (Å²) in [6.07, 6.45) is 6.46. The molecule has 122 valence electrons. The minimum Gasteiger partial charge on any atom is -0.350 e. The van der Waals surface area contributed by atoms with Crippen LogP contribution in [-0.4, -0.2) is 17.9 Å². The van der Waals surface area contributed by atoms with Crippen molar-refractivity contribution in [2.45, 2.75) is 39.7 Å². The number of aryl methyl sites for hydroxylation is 1. The third-order valence-electron chi connectivity index (χ3n) is 4.79. The molecule has 1 fully saturated rings. The van der Waals surface area contributed by atoms with Gasteiger partial charge in [-0.25, -0.2) is 0 Å². The first-order chi connectivity index (χ1) is 10.9. The summed E-state index contributed by atoms with van der Waals surface area (Å²) in [5.74, 6) is 0.981. The fraction of sp³-hybridized carbons (Fsp3) is 0.474. The van der Waals surface area contributed by atoms with Crippen molar-refractivity contribution < 1.29 is 9.59 Å². The molecule has 4 nitrogen and oxygen atoms in total. The Morgan fingerprint density at radius 1 is 1.17 bits per heavy atom. The van der Waals surface area contributed by atoms with Crippen LogP contribution in [0.1, 0.15) is 42.6 Å². The van der Waals surface area contributed by atoms with Crippen molar-refractivity contribution >= 4 is 17.5 Å². The molecular weight excluding hydrogens is 288 g/mol. The Hall–Kier alpha value is -2.10. The van der Waals surface area contributed by atoms with E-state index in [2.05, 4.69) is 22.8 Å². The molecule has 4 heteroatoms. The molecule has 1 aromatic carbocycles. The van der Waals surface area contributed by atoms with Gasteiger partial charge in [0.15, 0.2) is 0 Å². The van der Waals surface area contributed by atoms with Gasteiger partial charge in [-0.3, -0.25) is 9.59 Å². The van der Waals surface area contributed by atoms with Gasteiger partial charge in [-0.15, -0.1) is 0 Å². The summed E-state index contributed by atoms with van der Waals surface area (Å²) in [5, 5.41) is 5.91. The van der Waals surface area contributed by atoms with E-state index in [1.165, 1.54) is 0 Å². The normalized spacial score (nSPS) is 25.0. The average molecular weight is 312 g/mol. The van der Waals surface area contributed by atoms with E-state index in [0.717, 1.165) is 24.1 Å². The summed E-state index contributed by atoms with van der Waals surface area (Å²) >= 11 is 0. The fourth-order valence-corrected chi connectivity index (χ4v) is 3.55. The Morgan fingerprint density at radius 3 is 2.57 bits per heavy atom. The second kappa shape index (κ2) is 6.19. The lowest BCUT2D eigenvalue weighted by Crippen LogP contribution is -2.30. The van der Waals surface area contributed by atoms with Crippen molar-refractivity contribution in [3.8, 4) is 0 Å². The number of hydrogen-bond donors (Lipinski definition) is 2. The predicted octanol–water partition coefficient (Wildman–Crippen LogP) is 3.28. The van der Waals surface area contributed by atoms with Crippen molar-refractivity contribution in [1.29, 1.82) is 0 Å². The molecule has 0 spiro atoms. The maximum atomic E-state index is 12.6. The first-order valence-electron chi connectivity index (χ1n) is 8.34. The Bertz CT molecular complexity index is 663. The topological polar surface area (TPSA) is 58.2 Å². The van der Waals surface area contributed by atoms with Crippen LogP contribution in [0.3, 0.4) is 0 Å². The number of hydrogen-bond acceptors (Lipinski definition) is 2. The first kappa shape index (κ1) is 15.8. The van der Waals surface area contributed by atoms with E-state index in [9.17, 15) is 9.59 Å². The van der Waals surface area contributed by atoms with Crippen LogP contribution in [0.15, 0.2) is 30.4 Å². The van der Waals surface area contributed by atoms with E-state index < -0.39 is 0 Å². The predicted molar refractivity (Wildman–Crippen MR) is 91.3 cm³/mol. The molecule has 1 saturated carbocycles. The Kier molecular flexibility index (Phi) is 4.24. The number of benzene rings is 1. The molecule has 23 heavy (non-hydrogen) atoms. The van der Waals surface area contributed by atoms with E-state index in [4.69, 9.17) is 0 Å². The maximum Gasteiger partial charge on any atom is 0.251 e. The zero-order valence-electron chi connectivity index (χ0n) is 13.9. The third-order valence-corrected chi connectivity index (χ3v) is 4.79. The number of carbonyl (C=O) groups is 2. The van der Waals surface area contributed by atoms with Crippen LogP contribution in [0.2, 0.25) is 0 Å². The molecule has 2 aliphatic rings. The average Bonchev–Trinajstić information content (AvgIpc) is 3.11. The Morgan fingerprint density at radius 2 is 1.96 bits per heavy atom. The van der Waals surface area contributed by atoms with Crippen molar-refractivity contribution in [3.63, 3.8) is 0 Å². The van der Waals surface area contributed by atoms with Crippen LogP contribution in [0.5, 0.6) is 0 Å². The summed E-state index contributed by atoms with van der Waals surface area (Å²) < 4.78 is 0. The van der Waals surface area contributed by atoms with Crippen LogP contribution >= 0.6 is 0 Å². The molecule has 0 heterocycles. The van der Waals surface area contributed by atoms with E-state index in [-0.39, 0.29) is 23.8 Å². The highest BCUT2D eigenvalue weighted by Gasteiger charge is 2.39. The fourth-order valence-electron chi connectivity index (χ4n) is 3.55. The summed E-state index contributed by atoms with van der Waals surface area (Å²) in [4.78, 5) is 24.7. The summed E-state index contributed by atoms with van der Waals surface area (Å²) in [6, 6.07) is 5.53. The van der Waals surface area contributed by atoms with E-state index in [1.54, 1.807) is 12.1 Å². The number of allylic oxidation sites excluding steroid dienone is 2. The first-order valence-corrected chi connectivity index (χ1v) is 8.34. The van der Waals surface area contributed by atoms with Gasteiger partial charge >= 0.3 is 0 Å². The van der Waals surface area contributed by atoms with Crippen LogP contribution in [0, 0.1) is 24.7 Å². The molecule has 3 rings (SSSR count). The second-order valence-corrected chi connectivity index (χ2v) is 7.03. The largest absolute Gasteiger partial charge is 0.350 e. The highest BCUT2D eigenvalue weighted by Crippen LogP contribution is 2.43. The summed E-state index contributed by atoms with van der Waals surface area (Å²) in [7, 11) is 0. The summed E-state index contributed by atoms with van der Waals surface area (Å²) in [5.41, 5.74) is 2.28. The minimum absolute atomic E-state index is 0.0672. The second-order valence-electron chi connectivity index (χ2n) is 7.03. The standard InChI is InChI=1S/C19H24N2O2/c1-11(2)20-18(22)15-6-4-12(3)17(10-15)21-19(23)16-9-13-5-7-14(16)8-13/h4-7,10-11,13-14,16H,8-9H2,1-3H3,(H,20,22)(H,21,23)/t13-,14+,16-/m1/s1. The third kappa shape index (κ3) is 3.31. The zero-order chi connectivity index (χ0) is 16.6. The van der Waals surface area contributed by atoms with Crippen LogP contribution < -0.4 is 10.6 Å². The molecule has 0 saturated heterocycles. The van der Waals surface area contributed by atoms with Gasteiger partial charge in [-0.1, -0.05) is 18.2 Å². The van der Waals surface area contributed by atoms with Gasteiger partial charge in [0.2, 0.25) is 5.91 Å². The number of rotatable bonds is 4. The summed E-state index contributed by atoms with van der Waals surface area (Å²) in [6.45, 7) is 5.80. The van der Waals surface area contributed by atoms with Gasteiger partial charge in [0.05, 0.1) is 0 Å². The lowest BCUT2D eigenvalue weighted by Gasteiger charge is -2.19.